The molecule has 0 amide bonds. The average molecular weight is 381 g/mol. The van der Waals surface area contributed by atoms with E-state index in [9.17, 15) is 5.11 Å². The summed E-state index contributed by atoms with van der Waals surface area (Å²) < 4.78 is 0. The monoisotopic (exact) mass is 380 g/mol. The van der Waals surface area contributed by atoms with Gasteiger partial charge in [-0.2, -0.15) is 0 Å². The maximum absolute atomic E-state index is 9.35. The standard InChI is InChI=1S/C23H32N4O/c1-24-23(25-15-5-9-19-11-13-22(28)14-12-19)26-21-10-6-16-27(18-21)17-20-7-3-2-4-8-20/h2-4,7-8,11-14,21,28H,5-6,9-10,15-18H2,1H3,(H2,24,25,26). The lowest BCUT2D eigenvalue weighted by atomic mass is 10.0. The number of aromatic hydroxyl groups is 1. The topological polar surface area (TPSA) is 59.9 Å². The molecule has 150 valence electrons. The summed E-state index contributed by atoms with van der Waals surface area (Å²) in [5, 5.41) is 16.4. The van der Waals surface area contributed by atoms with Gasteiger partial charge in [-0.1, -0.05) is 42.5 Å². The van der Waals surface area contributed by atoms with Crippen molar-refractivity contribution in [1.82, 2.24) is 15.5 Å². The van der Waals surface area contributed by atoms with E-state index >= 15 is 0 Å². The molecule has 28 heavy (non-hydrogen) atoms. The van der Waals surface area contributed by atoms with Gasteiger partial charge in [-0.05, 0) is 55.5 Å². The van der Waals surface area contributed by atoms with Gasteiger partial charge in [-0.3, -0.25) is 9.89 Å². The van der Waals surface area contributed by atoms with Crippen LogP contribution in [0.2, 0.25) is 0 Å². The quantitative estimate of drug-likeness (QED) is 0.392. The van der Waals surface area contributed by atoms with Crippen LogP contribution < -0.4 is 10.6 Å². The van der Waals surface area contributed by atoms with Crippen molar-refractivity contribution in [2.75, 3.05) is 26.7 Å². The Kier molecular flexibility index (Phi) is 7.73. The van der Waals surface area contributed by atoms with Crippen molar-refractivity contribution < 1.29 is 5.11 Å². The molecule has 1 atom stereocenters. The number of aryl methyl sites for hydroxylation is 1. The Hall–Kier alpha value is -2.53. The van der Waals surface area contributed by atoms with Crippen LogP contribution in [0.4, 0.5) is 0 Å². The molecule has 0 aliphatic carbocycles. The van der Waals surface area contributed by atoms with Crippen molar-refractivity contribution in [2.45, 2.75) is 38.3 Å². The lowest BCUT2D eigenvalue weighted by Gasteiger charge is -2.34. The highest BCUT2D eigenvalue weighted by atomic mass is 16.3. The molecular formula is C23H32N4O. The lowest BCUT2D eigenvalue weighted by Crippen LogP contribution is -2.51. The summed E-state index contributed by atoms with van der Waals surface area (Å²) in [7, 11) is 1.83. The maximum atomic E-state index is 9.35. The summed E-state index contributed by atoms with van der Waals surface area (Å²) in [5.41, 5.74) is 2.62. The van der Waals surface area contributed by atoms with Crippen molar-refractivity contribution in [2.24, 2.45) is 4.99 Å². The second-order valence-corrected chi connectivity index (χ2v) is 7.47. The number of benzene rings is 2. The van der Waals surface area contributed by atoms with Crippen LogP contribution in [0.5, 0.6) is 5.75 Å². The summed E-state index contributed by atoms with van der Waals surface area (Å²) in [6, 6.07) is 18.6. The number of rotatable bonds is 7. The van der Waals surface area contributed by atoms with Gasteiger partial charge >= 0.3 is 0 Å². The first-order valence-electron chi connectivity index (χ1n) is 10.2. The highest BCUT2D eigenvalue weighted by molar-refractivity contribution is 5.79. The van der Waals surface area contributed by atoms with Crippen LogP contribution in [-0.2, 0) is 13.0 Å². The zero-order valence-corrected chi connectivity index (χ0v) is 16.8. The molecule has 3 N–H and O–H groups in total. The Labute approximate surface area is 168 Å². The molecule has 3 rings (SSSR count). The minimum atomic E-state index is 0.320. The van der Waals surface area contributed by atoms with E-state index in [1.165, 1.54) is 24.0 Å². The van der Waals surface area contributed by atoms with E-state index in [1.807, 2.05) is 19.2 Å². The van der Waals surface area contributed by atoms with E-state index < -0.39 is 0 Å². The fourth-order valence-corrected chi connectivity index (χ4v) is 3.71. The van der Waals surface area contributed by atoms with Gasteiger partial charge in [0.25, 0.3) is 0 Å². The first-order valence-corrected chi connectivity index (χ1v) is 10.2. The molecule has 0 aromatic heterocycles. The molecule has 0 spiro atoms. The largest absolute Gasteiger partial charge is 0.508 e. The van der Waals surface area contributed by atoms with Crippen molar-refractivity contribution in [3.8, 4) is 5.75 Å². The zero-order chi connectivity index (χ0) is 19.6. The van der Waals surface area contributed by atoms with E-state index in [0.717, 1.165) is 45.0 Å². The third kappa shape index (κ3) is 6.57. The van der Waals surface area contributed by atoms with Crippen LogP contribution in [0.15, 0.2) is 59.6 Å². The number of nitrogens with zero attached hydrogens (tertiary/aromatic N) is 2. The number of likely N-dealkylation sites (tertiary alicyclic amines) is 1. The van der Waals surface area contributed by atoms with E-state index in [0.29, 0.717) is 11.8 Å². The molecule has 1 heterocycles. The Morgan fingerprint density at radius 2 is 1.89 bits per heavy atom. The number of nitrogens with one attached hydrogen (secondary N) is 2. The number of aliphatic imine (C=N–C) groups is 1. The average Bonchev–Trinajstić information content (AvgIpc) is 2.72. The number of guanidine groups is 1. The number of hydrogen-bond acceptors (Lipinski definition) is 3. The van der Waals surface area contributed by atoms with Crippen molar-refractivity contribution >= 4 is 5.96 Å². The zero-order valence-electron chi connectivity index (χ0n) is 16.8. The third-order valence-electron chi connectivity index (χ3n) is 5.19. The second kappa shape index (κ2) is 10.7. The van der Waals surface area contributed by atoms with Gasteiger partial charge in [0, 0.05) is 32.7 Å². The SMILES string of the molecule is CN=C(NCCCc1ccc(O)cc1)NC1CCCN(Cc2ccccc2)C1. The summed E-state index contributed by atoms with van der Waals surface area (Å²) in [4.78, 5) is 6.91. The lowest BCUT2D eigenvalue weighted by molar-refractivity contribution is 0.192. The van der Waals surface area contributed by atoms with Crippen molar-refractivity contribution in [3.63, 3.8) is 0 Å². The molecule has 0 saturated carbocycles. The maximum Gasteiger partial charge on any atom is 0.191 e. The predicted octanol–water partition coefficient (Wildman–Crippen LogP) is 3.15. The molecule has 2 aromatic carbocycles. The van der Waals surface area contributed by atoms with E-state index in [1.54, 1.807) is 12.1 Å². The van der Waals surface area contributed by atoms with Gasteiger partial charge in [0.2, 0.25) is 0 Å². The molecule has 0 bridgehead atoms. The molecule has 1 aliphatic rings. The van der Waals surface area contributed by atoms with E-state index in [2.05, 4.69) is 50.9 Å². The fourth-order valence-electron chi connectivity index (χ4n) is 3.71. The first kappa shape index (κ1) is 20.2. The molecule has 1 saturated heterocycles. The van der Waals surface area contributed by atoms with Crippen LogP contribution in [-0.4, -0.2) is 48.7 Å². The summed E-state index contributed by atoms with van der Waals surface area (Å²) in [6.45, 7) is 4.09. The highest BCUT2D eigenvalue weighted by Crippen LogP contribution is 2.14. The summed E-state index contributed by atoms with van der Waals surface area (Å²) in [6.07, 6.45) is 4.40. The molecule has 2 aromatic rings. The molecule has 0 radical (unpaired) electrons. The number of phenols is 1. The number of hydrogen-bond donors (Lipinski definition) is 3. The molecule has 5 heteroatoms. The minimum absolute atomic E-state index is 0.320. The fraction of sp³-hybridized carbons (Fsp3) is 0.435. The Morgan fingerprint density at radius 1 is 1.11 bits per heavy atom. The van der Waals surface area contributed by atoms with Crippen LogP contribution in [0.1, 0.15) is 30.4 Å². The van der Waals surface area contributed by atoms with Crippen molar-refractivity contribution in [1.29, 1.82) is 0 Å². The van der Waals surface area contributed by atoms with Crippen LogP contribution >= 0.6 is 0 Å². The van der Waals surface area contributed by atoms with E-state index in [-0.39, 0.29) is 0 Å². The Balaban J connectivity index is 1.39. The molecule has 5 nitrogen and oxygen atoms in total. The Morgan fingerprint density at radius 3 is 2.64 bits per heavy atom. The number of phenolic OH excluding ortho intramolecular Hbond substituents is 1. The van der Waals surface area contributed by atoms with Crippen LogP contribution in [0.3, 0.4) is 0 Å². The van der Waals surface area contributed by atoms with Crippen LogP contribution in [0.25, 0.3) is 0 Å². The second-order valence-electron chi connectivity index (χ2n) is 7.47. The van der Waals surface area contributed by atoms with Gasteiger partial charge in [-0.25, -0.2) is 0 Å². The summed E-state index contributed by atoms with van der Waals surface area (Å²) >= 11 is 0. The highest BCUT2D eigenvalue weighted by Gasteiger charge is 2.20. The van der Waals surface area contributed by atoms with Crippen molar-refractivity contribution in [3.05, 3.63) is 65.7 Å². The molecule has 1 fully saturated rings. The minimum Gasteiger partial charge on any atom is -0.508 e. The van der Waals surface area contributed by atoms with Crippen LogP contribution in [0, 0.1) is 0 Å². The first-order chi connectivity index (χ1) is 13.7. The molecular weight excluding hydrogens is 348 g/mol. The predicted molar refractivity (Wildman–Crippen MR) is 116 cm³/mol. The summed E-state index contributed by atoms with van der Waals surface area (Å²) in [5.74, 6) is 1.21. The molecule has 1 unspecified atom stereocenters. The normalized spacial score (nSPS) is 18.0. The Bertz CT molecular complexity index is 730. The van der Waals surface area contributed by atoms with Gasteiger partial charge < -0.3 is 15.7 Å². The van der Waals surface area contributed by atoms with Gasteiger partial charge in [0.15, 0.2) is 5.96 Å². The van der Waals surface area contributed by atoms with Gasteiger partial charge in [0.1, 0.15) is 5.75 Å². The van der Waals surface area contributed by atoms with Gasteiger partial charge in [0.05, 0.1) is 0 Å². The van der Waals surface area contributed by atoms with E-state index in [4.69, 9.17) is 0 Å². The number of piperidine rings is 1. The van der Waals surface area contributed by atoms with Gasteiger partial charge in [-0.15, -0.1) is 0 Å². The third-order valence-corrected chi connectivity index (χ3v) is 5.19. The smallest absolute Gasteiger partial charge is 0.191 e. The molecule has 1 aliphatic heterocycles.